The van der Waals surface area contributed by atoms with Crippen molar-refractivity contribution in [3.63, 3.8) is 0 Å². The monoisotopic (exact) mass is 134 g/mol. The third-order valence-corrected chi connectivity index (χ3v) is 0.834. The molecule has 0 aliphatic heterocycles. The molecule has 1 unspecified atom stereocenters. The zero-order chi connectivity index (χ0) is 7.28. The molecular weight excluding hydrogens is 125 g/mol. The van der Waals surface area contributed by atoms with Crippen molar-refractivity contribution in [1.82, 2.24) is 0 Å². The summed E-state index contributed by atoms with van der Waals surface area (Å²) in [5.74, 6) is 0. The van der Waals surface area contributed by atoms with Gasteiger partial charge in [0.2, 0.25) is 0 Å². The van der Waals surface area contributed by atoms with Crippen LogP contribution in [0.5, 0.6) is 0 Å². The second-order valence-electron chi connectivity index (χ2n) is 1.73. The van der Waals surface area contributed by atoms with Crippen molar-refractivity contribution < 1.29 is 13.3 Å². The highest BCUT2D eigenvalue weighted by molar-refractivity contribution is 6.34. The van der Waals surface area contributed by atoms with Crippen LogP contribution >= 0.6 is 0 Å². The van der Waals surface area contributed by atoms with Gasteiger partial charge in [0.25, 0.3) is 0 Å². The van der Waals surface area contributed by atoms with Gasteiger partial charge < -0.3 is 4.65 Å². The largest absolute Gasteiger partial charge is 0.721 e. The van der Waals surface area contributed by atoms with E-state index in [1.807, 2.05) is 0 Å². The third-order valence-electron chi connectivity index (χ3n) is 0.834. The Balaban J connectivity index is 3.25. The van der Waals surface area contributed by atoms with E-state index in [0.29, 0.717) is 6.42 Å². The van der Waals surface area contributed by atoms with Gasteiger partial charge in [0.1, 0.15) is 0 Å². The summed E-state index contributed by atoms with van der Waals surface area (Å²) in [4.78, 5) is 0. The fraction of sp³-hybridized carbons (Fsp3) is 0.600. The molecule has 0 fully saturated rings. The first-order chi connectivity index (χ1) is 4.16. The summed E-state index contributed by atoms with van der Waals surface area (Å²) in [6.45, 7) is 4.96. The second-order valence-corrected chi connectivity index (χ2v) is 1.73. The highest BCUT2D eigenvalue weighted by atomic mass is 19.2. The van der Waals surface area contributed by atoms with Crippen LogP contribution in [0.2, 0.25) is 0 Å². The summed E-state index contributed by atoms with van der Waals surface area (Å²) in [5, 5.41) is 0. The van der Waals surface area contributed by atoms with Crippen LogP contribution in [0.15, 0.2) is 12.7 Å². The predicted octanol–water partition coefficient (Wildman–Crippen LogP) is 1.89. The molecule has 0 aromatic carbocycles. The fourth-order valence-electron chi connectivity index (χ4n) is 0.466. The van der Waals surface area contributed by atoms with E-state index in [1.165, 1.54) is 0 Å². The Morgan fingerprint density at radius 3 is 2.67 bits per heavy atom. The Morgan fingerprint density at radius 1 is 1.78 bits per heavy atom. The molecule has 0 aromatic heterocycles. The summed E-state index contributed by atoms with van der Waals surface area (Å²) in [6, 6.07) is 0. The minimum absolute atomic E-state index is 0.428. The van der Waals surface area contributed by atoms with Gasteiger partial charge in [-0.15, -0.1) is 6.58 Å². The van der Waals surface area contributed by atoms with Crippen molar-refractivity contribution >= 4 is 7.47 Å². The van der Waals surface area contributed by atoms with E-state index in [-0.39, 0.29) is 0 Å². The lowest BCUT2D eigenvalue weighted by atomic mass is 10.2. The molecule has 0 saturated heterocycles. The van der Waals surface area contributed by atoms with Crippen LogP contribution in [0.3, 0.4) is 0 Å². The van der Waals surface area contributed by atoms with Crippen LogP contribution in [-0.4, -0.2) is 13.6 Å². The number of rotatable bonds is 4. The third kappa shape index (κ3) is 5.50. The molecule has 0 aliphatic carbocycles. The molecule has 0 saturated carbocycles. The van der Waals surface area contributed by atoms with Gasteiger partial charge in [-0.25, -0.2) is 0 Å². The van der Waals surface area contributed by atoms with Crippen molar-refractivity contribution in [2.24, 2.45) is 0 Å². The van der Waals surface area contributed by atoms with E-state index in [2.05, 4.69) is 11.2 Å². The first-order valence-corrected chi connectivity index (χ1v) is 2.71. The summed E-state index contributed by atoms with van der Waals surface area (Å²) >= 11 is 0. The molecular formula is C5H9BF2O. The summed E-state index contributed by atoms with van der Waals surface area (Å²) < 4.78 is 26.8. The average molecular weight is 134 g/mol. The Kier molecular flexibility index (Phi) is 4.31. The molecule has 0 spiro atoms. The van der Waals surface area contributed by atoms with E-state index < -0.39 is 13.6 Å². The lowest BCUT2D eigenvalue weighted by molar-refractivity contribution is 0.179. The maximum atomic E-state index is 11.4. The van der Waals surface area contributed by atoms with Crippen molar-refractivity contribution in [3.8, 4) is 0 Å². The van der Waals surface area contributed by atoms with Gasteiger partial charge in [0.15, 0.2) is 0 Å². The van der Waals surface area contributed by atoms with Gasteiger partial charge in [-0.1, -0.05) is 6.08 Å². The van der Waals surface area contributed by atoms with Crippen molar-refractivity contribution in [2.45, 2.75) is 19.4 Å². The Labute approximate surface area is 53.9 Å². The van der Waals surface area contributed by atoms with Crippen LogP contribution in [0.1, 0.15) is 13.3 Å². The quantitative estimate of drug-likeness (QED) is 0.421. The molecule has 4 heteroatoms. The first kappa shape index (κ1) is 8.62. The molecule has 9 heavy (non-hydrogen) atoms. The lowest BCUT2D eigenvalue weighted by Gasteiger charge is -2.06. The van der Waals surface area contributed by atoms with Crippen molar-refractivity contribution in [2.75, 3.05) is 0 Å². The molecule has 0 aliphatic rings. The van der Waals surface area contributed by atoms with E-state index in [9.17, 15) is 8.63 Å². The highest BCUT2D eigenvalue weighted by Gasteiger charge is 2.17. The number of hydrogen-bond donors (Lipinski definition) is 0. The van der Waals surface area contributed by atoms with E-state index >= 15 is 0 Å². The van der Waals surface area contributed by atoms with Gasteiger partial charge in [-0.3, -0.25) is 8.63 Å². The normalized spacial score (nSPS) is 12.8. The topological polar surface area (TPSA) is 9.23 Å². The van der Waals surface area contributed by atoms with Gasteiger partial charge in [-0.05, 0) is 13.3 Å². The van der Waals surface area contributed by atoms with Crippen LogP contribution in [-0.2, 0) is 4.65 Å². The van der Waals surface area contributed by atoms with Gasteiger partial charge in [0.05, 0.1) is 0 Å². The summed E-state index contributed by atoms with van der Waals surface area (Å²) in [5.41, 5.74) is 0. The van der Waals surface area contributed by atoms with E-state index in [4.69, 9.17) is 0 Å². The maximum Gasteiger partial charge on any atom is 0.721 e. The van der Waals surface area contributed by atoms with Crippen molar-refractivity contribution in [3.05, 3.63) is 12.7 Å². The average Bonchev–Trinajstić information content (AvgIpc) is 1.63. The van der Waals surface area contributed by atoms with Crippen LogP contribution in [0.4, 0.5) is 8.63 Å². The zero-order valence-electron chi connectivity index (χ0n) is 5.31. The van der Waals surface area contributed by atoms with Crippen LogP contribution in [0.25, 0.3) is 0 Å². The molecule has 1 atom stereocenters. The van der Waals surface area contributed by atoms with Gasteiger partial charge in [-0.2, -0.15) is 0 Å². The Bertz CT molecular complexity index is 87.0. The fourth-order valence-corrected chi connectivity index (χ4v) is 0.466. The van der Waals surface area contributed by atoms with Crippen molar-refractivity contribution in [1.29, 1.82) is 0 Å². The first-order valence-electron chi connectivity index (χ1n) is 2.71. The molecule has 0 rings (SSSR count). The van der Waals surface area contributed by atoms with Gasteiger partial charge in [0, 0.05) is 6.10 Å². The standard InChI is InChI=1S/C5H9BF2O/c1-3-4-5(2)9-6(7)8/h3,5H,1,4H2,2H3. The molecule has 0 aromatic rings. The molecule has 1 nitrogen and oxygen atoms in total. The Hall–Kier alpha value is -0.375. The maximum absolute atomic E-state index is 11.4. The molecule has 0 radical (unpaired) electrons. The number of halogens is 2. The van der Waals surface area contributed by atoms with Gasteiger partial charge >= 0.3 is 7.47 Å². The summed E-state index contributed by atoms with van der Waals surface area (Å²) in [7, 11) is -2.67. The molecule has 0 N–H and O–H groups in total. The lowest BCUT2D eigenvalue weighted by Crippen LogP contribution is -2.14. The second kappa shape index (κ2) is 4.50. The zero-order valence-corrected chi connectivity index (χ0v) is 5.31. The smallest absolute Gasteiger partial charge is 0.376 e. The Morgan fingerprint density at radius 2 is 2.33 bits per heavy atom. The van der Waals surface area contributed by atoms with E-state index in [0.717, 1.165) is 0 Å². The predicted molar refractivity (Wildman–Crippen MR) is 33.3 cm³/mol. The summed E-state index contributed by atoms with van der Waals surface area (Å²) in [6.07, 6.45) is 1.58. The minimum atomic E-state index is -2.67. The molecule has 52 valence electrons. The SMILES string of the molecule is C=CCC(C)OB(F)F. The molecule has 0 amide bonds. The highest BCUT2D eigenvalue weighted by Crippen LogP contribution is 2.01. The van der Waals surface area contributed by atoms with Crippen LogP contribution in [0, 0.1) is 0 Å². The minimum Gasteiger partial charge on any atom is -0.376 e. The van der Waals surface area contributed by atoms with Crippen LogP contribution < -0.4 is 0 Å². The molecule has 0 bridgehead atoms. The van der Waals surface area contributed by atoms with E-state index in [1.54, 1.807) is 13.0 Å². The number of hydrogen-bond acceptors (Lipinski definition) is 1. The molecule has 0 heterocycles.